The second kappa shape index (κ2) is 7.62. The molecule has 6 heteroatoms. The number of carbonyl (C=O) groups is 1. The standard InChI is InChI=1S/C22H17ClN2O2S/c1-13(15-3-2-4-16(23)9-15)25-22(27)20-10-18-19(11-24-12-21(18)28-20)14-5-7-17(26)8-6-14/h2-13,26H,1H3,(H,25,27)/t13-/m1/s1. The number of phenolic OH excluding ortho intramolecular Hbond substituents is 1. The molecule has 0 aliphatic carbocycles. The van der Waals surface area contributed by atoms with Gasteiger partial charge in [0.15, 0.2) is 0 Å². The summed E-state index contributed by atoms with van der Waals surface area (Å²) in [5.74, 6) is 0.0783. The predicted molar refractivity (Wildman–Crippen MR) is 114 cm³/mol. The van der Waals surface area contributed by atoms with Gasteiger partial charge in [0, 0.05) is 28.4 Å². The van der Waals surface area contributed by atoms with E-state index in [4.69, 9.17) is 11.6 Å². The Bertz CT molecular complexity index is 1150. The number of aromatic hydroxyl groups is 1. The maximum atomic E-state index is 12.8. The van der Waals surface area contributed by atoms with Crippen LogP contribution in [0.1, 0.15) is 28.2 Å². The molecule has 0 radical (unpaired) electrons. The Labute approximate surface area is 171 Å². The minimum absolute atomic E-state index is 0.134. The number of nitrogens with one attached hydrogen (secondary N) is 1. The average molecular weight is 409 g/mol. The summed E-state index contributed by atoms with van der Waals surface area (Å²) in [5, 5.41) is 14.1. The maximum absolute atomic E-state index is 12.8. The molecule has 28 heavy (non-hydrogen) atoms. The summed E-state index contributed by atoms with van der Waals surface area (Å²) in [7, 11) is 0. The number of hydrogen-bond acceptors (Lipinski definition) is 4. The molecule has 0 aliphatic heterocycles. The summed E-state index contributed by atoms with van der Waals surface area (Å²) in [6.07, 6.45) is 3.54. The van der Waals surface area contributed by atoms with Gasteiger partial charge in [-0.05, 0) is 48.4 Å². The lowest BCUT2D eigenvalue weighted by Gasteiger charge is -2.13. The van der Waals surface area contributed by atoms with Gasteiger partial charge in [0.1, 0.15) is 5.75 Å². The molecule has 0 unspecified atom stereocenters. The highest BCUT2D eigenvalue weighted by Crippen LogP contribution is 2.34. The van der Waals surface area contributed by atoms with E-state index in [9.17, 15) is 9.90 Å². The Morgan fingerprint density at radius 3 is 2.68 bits per heavy atom. The van der Waals surface area contributed by atoms with Gasteiger partial charge in [-0.25, -0.2) is 0 Å². The molecule has 2 N–H and O–H groups in total. The monoisotopic (exact) mass is 408 g/mol. The summed E-state index contributed by atoms with van der Waals surface area (Å²) < 4.78 is 0.936. The largest absolute Gasteiger partial charge is 0.508 e. The first-order chi connectivity index (χ1) is 13.5. The van der Waals surface area contributed by atoms with E-state index in [-0.39, 0.29) is 17.7 Å². The molecule has 0 fully saturated rings. The molecule has 2 aromatic heterocycles. The van der Waals surface area contributed by atoms with Crippen LogP contribution in [0.4, 0.5) is 0 Å². The van der Waals surface area contributed by atoms with Crippen molar-refractivity contribution in [2.45, 2.75) is 13.0 Å². The fraction of sp³-hybridized carbons (Fsp3) is 0.0909. The number of phenols is 1. The van der Waals surface area contributed by atoms with Crippen molar-refractivity contribution in [3.8, 4) is 16.9 Å². The normalized spacial score (nSPS) is 12.1. The van der Waals surface area contributed by atoms with E-state index in [1.165, 1.54) is 11.3 Å². The van der Waals surface area contributed by atoms with Crippen LogP contribution < -0.4 is 5.32 Å². The van der Waals surface area contributed by atoms with Gasteiger partial charge >= 0.3 is 0 Å². The zero-order valence-electron chi connectivity index (χ0n) is 15.0. The molecular formula is C22H17ClN2O2S. The highest BCUT2D eigenvalue weighted by molar-refractivity contribution is 7.20. The van der Waals surface area contributed by atoms with Crippen LogP contribution in [0.2, 0.25) is 5.02 Å². The molecule has 0 spiro atoms. The molecule has 2 heterocycles. The smallest absolute Gasteiger partial charge is 0.261 e. The zero-order chi connectivity index (χ0) is 19.7. The SMILES string of the molecule is C[C@@H](NC(=O)c1cc2c(-c3ccc(O)cc3)cncc2s1)c1cccc(Cl)c1. The summed E-state index contributed by atoms with van der Waals surface area (Å²) in [6, 6.07) is 16.2. The van der Waals surface area contributed by atoms with Gasteiger partial charge in [-0.2, -0.15) is 0 Å². The number of halogens is 1. The van der Waals surface area contributed by atoms with Gasteiger partial charge in [-0.15, -0.1) is 11.3 Å². The Morgan fingerprint density at radius 1 is 1.14 bits per heavy atom. The van der Waals surface area contributed by atoms with Crippen molar-refractivity contribution in [3.05, 3.63) is 82.5 Å². The lowest BCUT2D eigenvalue weighted by molar-refractivity contribution is 0.0944. The summed E-state index contributed by atoms with van der Waals surface area (Å²) in [6.45, 7) is 1.93. The van der Waals surface area contributed by atoms with Crippen LogP contribution >= 0.6 is 22.9 Å². The van der Waals surface area contributed by atoms with Crippen LogP contribution in [0.5, 0.6) is 5.75 Å². The van der Waals surface area contributed by atoms with E-state index in [1.54, 1.807) is 24.5 Å². The van der Waals surface area contributed by atoms with Gasteiger partial charge in [0.05, 0.1) is 15.6 Å². The average Bonchev–Trinajstić information content (AvgIpc) is 3.13. The van der Waals surface area contributed by atoms with Crippen molar-refractivity contribution in [2.75, 3.05) is 0 Å². The number of pyridine rings is 1. The van der Waals surface area contributed by atoms with Crippen molar-refractivity contribution < 1.29 is 9.90 Å². The topological polar surface area (TPSA) is 62.2 Å². The van der Waals surface area contributed by atoms with Gasteiger partial charge in [0.25, 0.3) is 5.91 Å². The maximum Gasteiger partial charge on any atom is 0.261 e. The zero-order valence-corrected chi connectivity index (χ0v) is 16.6. The van der Waals surface area contributed by atoms with Crippen molar-refractivity contribution in [1.29, 1.82) is 0 Å². The molecule has 4 nitrogen and oxygen atoms in total. The molecular weight excluding hydrogens is 392 g/mol. The minimum Gasteiger partial charge on any atom is -0.508 e. The number of fused-ring (bicyclic) bond motifs is 1. The van der Waals surface area contributed by atoms with Crippen molar-refractivity contribution in [1.82, 2.24) is 10.3 Å². The molecule has 4 aromatic rings. The molecule has 4 rings (SSSR count). The molecule has 1 atom stereocenters. The number of carbonyl (C=O) groups excluding carboxylic acids is 1. The first-order valence-corrected chi connectivity index (χ1v) is 9.94. The van der Waals surface area contributed by atoms with Gasteiger partial charge in [-0.3, -0.25) is 9.78 Å². The Hall–Kier alpha value is -2.89. The van der Waals surface area contributed by atoms with Gasteiger partial charge in [0.2, 0.25) is 0 Å². The van der Waals surface area contributed by atoms with E-state index in [0.29, 0.717) is 9.90 Å². The number of amides is 1. The summed E-state index contributed by atoms with van der Waals surface area (Å²) >= 11 is 7.46. The molecule has 0 saturated heterocycles. The van der Waals surface area contributed by atoms with Crippen molar-refractivity contribution in [3.63, 3.8) is 0 Å². The summed E-state index contributed by atoms with van der Waals surface area (Å²) in [4.78, 5) is 17.7. The Balaban J connectivity index is 1.63. The van der Waals surface area contributed by atoms with Gasteiger partial charge < -0.3 is 10.4 Å². The van der Waals surface area contributed by atoms with E-state index < -0.39 is 0 Å². The van der Waals surface area contributed by atoms with E-state index in [0.717, 1.165) is 26.8 Å². The number of hydrogen-bond donors (Lipinski definition) is 2. The lowest BCUT2D eigenvalue weighted by Crippen LogP contribution is -2.25. The predicted octanol–water partition coefficient (Wildman–Crippen LogP) is 5.81. The van der Waals surface area contributed by atoms with Crippen LogP contribution in [0.15, 0.2) is 67.0 Å². The molecule has 1 amide bonds. The fourth-order valence-corrected chi connectivity index (χ4v) is 4.23. The molecule has 0 aliphatic rings. The lowest BCUT2D eigenvalue weighted by atomic mass is 10.0. The fourth-order valence-electron chi connectivity index (χ4n) is 3.07. The van der Waals surface area contributed by atoms with Gasteiger partial charge in [-0.1, -0.05) is 35.9 Å². The minimum atomic E-state index is -0.161. The third kappa shape index (κ3) is 3.72. The highest BCUT2D eigenvalue weighted by atomic mass is 35.5. The molecule has 2 aromatic carbocycles. The number of benzene rings is 2. The van der Waals surface area contributed by atoms with E-state index in [1.807, 2.05) is 49.4 Å². The Morgan fingerprint density at radius 2 is 1.93 bits per heavy atom. The third-order valence-electron chi connectivity index (χ3n) is 4.54. The van der Waals surface area contributed by atoms with E-state index >= 15 is 0 Å². The summed E-state index contributed by atoms with van der Waals surface area (Å²) in [5.41, 5.74) is 2.82. The first kappa shape index (κ1) is 18.5. The number of thiophene rings is 1. The molecule has 0 bridgehead atoms. The molecule has 0 saturated carbocycles. The third-order valence-corrected chi connectivity index (χ3v) is 5.85. The second-order valence-electron chi connectivity index (χ2n) is 6.51. The van der Waals surface area contributed by atoms with Crippen molar-refractivity contribution >= 4 is 38.9 Å². The number of rotatable bonds is 4. The van der Waals surface area contributed by atoms with Crippen LogP contribution in [0.25, 0.3) is 21.2 Å². The number of nitrogens with zero attached hydrogens (tertiary/aromatic N) is 1. The molecule has 140 valence electrons. The quantitative estimate of drug-likeness (QED) is 0.447. The second-order valence-corrected chi connectivity index (χ2v) is 8.03. The van der Waals surface area contributed by atoms with Crippen LogP contribution in [-0.4, -0.2) is 16.0 Å². The first-order valence-electron chi connectivity index (χ1n) is 8.74. The van der Waals surface area contributed by atoms with Crippen LogP contribution in [0, 0.1) is 0 Å². The number of aromatic nitrogens is 1. The van der Waals surface area contributed by atoms with E-state index in [2.05, 4.69) is 10.3 Å². The van der Waals surface area contributed by atoms with Crippen LogP contribution in [-0.2, 0) is 0 Å². The Kier molecular flexibility index (Phi) is 5.03. The highest BCUT2D eigenvalue weighted by Gasteiger charge is 2.16. The van der Waals surface area contributed by atoms with Crippen molar-refractivity contribution in [2.24, 2.45) is 0 Å². The van der Waals surface area contributed by atoms with Crippen LogP contribution in [0.3, 0.4) is 0 Å².